The van der Waals surface area contributed by atoms with Crippen LogP contribution in [0.5, 0.6) is 0 Å². The highest BCUT2D eigenvalue weighted by molar-refractivity contribution is 7.92. The van der Waals surface area contributed by atoms with Gasteiger partial charge >= 0.3 is 5.97 Å². The van der Waals surface area contributed by atoms with Crippen LogP contribution in [0.4, 0.5) is 10.1 Å². The average Bonchev–Trinajstić information content (AvgIpc) is 3.73. The van der Waals surface area contributed by atoms with Crippen LogP contribution in [0.3, 0.4) is 0 Å². The van der Waals surface area contributed by atoms with E-state index in [-0.39, 0.29) is 23.7 Å². The summed E-state index contributed by atoms with van der Waals surface area (Å²) in [6, 6.07) is 16.1. The number of nitrogens with zero attached hydrogens (tertiary/aromatic N) is 3. The number of likely N-dealkylation sites (tertiary alicyclic amines) is 1. The van der Waals surface area contributed by atoms with E-state index in [1.165, 1.54) is 6.07 Å². The lowest BCUT2D eigenvalue weighted by molar-refractivity contribution is -0.150. The maximum atomic E-state index is 15.1. The third-order valence-corrected chi connectivity index (χ3v) is 12.1. The standard InChI is InChI=1S/C33H40FN3O4S/c34-31-8-4-3-7-30(31)33(23-35,19-32(38)41-27-5-1-2-6-27)25-15-17-36(18-16-25)20-24-21-37(22-24)26-9-11-28(12-10-26)42(39,40)29-13-14-29/h3-4,7-12,24-25,27,29H,1-2,5-6,13-22H2/t33-/m0/s1. The molecule has 0 bridgehead atoms. The number of benzene rings is 2. The molecule has 4 fully saturated rings. The Morgan fingerprint density at radius 2 is 1.64 bits per heavy atom. The molecule has 0 amide bonds. The van der Waals surface area contributed by atoms with Crippen molar-refractivity contribution in [2.75, 3.05) is 37.6 Å². The van der Waals surface area contributed by atoms with Gasteiger partial charge in [0.1, 0.15) is 11.9 Å². The molecule has 2 aromatic carbocycles. The molecular weight excluding hydrogens is 553 g/mol. The number of hydrogen-bond donors (Lipinski definition) is 0. The predicted molar refractivity (Wildman–Crippen MR) is 158 cm³/mol. The topological polar surface area (TPSA) is 90.7 Å². The summed E-state index contributed by atoms with van der Waals surface area (Å²) in [5.74, 6) is -0.482. The van der Waals surface area contributed by atoms with Gasteiger partial charge in [-0.15, -0.1) is 0 Å². The molecule has 1 atom stereocenters. The molecule has 42 heavy (non-hydrogen) atoms. The smallest absolute Gasteiger partial charge is 0.308 e. The summed E-state index contributed by atoms with van der Waals surface area (Å²) < 4.78 is 45.8. The molecule has 224 valence electrons. The third kappa shape index (κ3) is 5.93. The lowest BCUT2D eigenvalue weighted by Crippen LogP contribution is -2.53. The quantitative estimate of drug-likeness (QED) is 0.348. The number of halogens is 1. The van der Waals surface area contributed by atoms with Crippen LogP contribution in [0.25, 0.3) is 0 Å². The van der Waals surface area contributed by atoms with Crippen LogP contribution < -0.4 is 4.90 Å². The van der Waals surface area contributed by atoms with Gasteiger partial charge in [-0.25, -0.2) is 12.8 Å². The number of carbonyl (C=O) groups is 1. The van der Waals surface area contributed by atoms with E-state index >= 15 is 4.39 Å². The van der Waals surface area contributed by atoms with E-state index in [2.05, 4.69) is 15.9 Å². The van der Waals surface area contributed by atoms with E-state index < -0.39 is 27.0 Å². The van der Waals surface area contributed by atoms with Crippen LogP contribution in [0.15, 0.2) is 53.4 Å². The number of hydrogen-bond acceptors (Lipinski definition) is 7. The van der Waals surface area contributed by atoms with Crippen LogP contribution in [0, 0.1) is 29.0 Å². The van der Waals surface area contributed by atoms with Gasteiger partial charge in [-0.1, -0.05) is 18.2 Å². The number of anilines is 1. The molecule has 0 radical (unpaired) electrons. The minimum absolute atomic E-state index is 0.0906. The van der Waals surface area contributed by atoms with Crippen LogP contribution in [-0.2, 0) is 24.8 Å². The van der Waals surface area contributed by atoms with Gasteiger partial charge in [0.15, 0.2) is 9.84 Å². The Morgan fingerprint density at radius 3 is 2.26 bits per heavy atom. The van der Waals surface area contributed by atoms with Crippen molar-refractivity contribution in [1.82, 2.24) is 4.90 Å². The summed E-state index contributed by atoms with van der Waals surface area (Å²) in [6.07, 6.45) is 6.55. The van der Waals surface area contributed by atoms with E-state index in [4.69, 9.17) is 4.74 Å². The van der Waals surface area contributed by atoms with Crippen LogP contribution in [-0.4, -0.2) is 63.4 Å². The van der Waals surface area contributed by atoms with Crippen molar-refractivity contribution in [2.24, 2.45) is 11.8 Å². The van der Waals surface area contributed by atoms with Crippen molar-refractivity contribution in [3.63, 3.8) is 0 Å². The second kappa shape index (κ2) is 12.0. The first-order valence-electron chi connectivity index (χ1n) is 15.5. The fourth-order valence-electron chi connectivity index (χ4n) is 7.22. The van der Waals surface area contributed by atoms with Crippen molar-refractivity contribution in [3.05, 3.63) is 59.9 Å². The number of sulfone groups is 1. The fraction of sp³-hybridized carbons (Fsp3) is 0.576. The first kappa shape index (κ1) is 29.1. The molecule has 2 saturated carbocycles. The lowest BCUT2D eigenvalue weighted by Gasteiger charge is -2.46. The number of nitriles is 1. The third-order valence-electron chi connectivity index (χ3n) is 9.83. The van der Waals surface area contributed by atoms with Gasteiger partial charge in [0.2, 0.25) is 0 Å². The number of ether oxygens (including phenoxy) is 1. The minimum Gasteiger partial charge on any atom is -0.462 e. The first-order valence-corrected chi connectivity index (χ1v) is 17.0. The largest absolute Gasteiger partial charge is 0.462 e. The number of carbonyl (C=O) groups excluding carboxylic acids is 1. The van der Waals surface area contributed by atoms with Gasteiger partial charge in [0, 0.05) is 36.8 Å². The van der Waals surface area contributed by atoms with E-state index in [1.807, 2.05) is 12.1 Å². The van der Waals surface area contributed by atoms with Gasteiger partial charge in [-0.05, 0) is 101 Å². The normalized spacial score (nSPS) is 22.3. The molecule has 2 aromatic rings. The molecule has 6 rings (SSSR count). The Balaban J connectivity index is 1.05. The van der Waals surface area contributed by atoms with Gasteiger partial charge in [-0.2, -0.15) is 5.26 Å². The molecule has 2 heterocycles. The highest BCUT2D eigenvalue weighted by Crippen LogP contribution is 2.43. The summed E-state index contributed by atoms with van der Waals surface area (Å²) in [4.78, 5) is 18.2. The Labute approximate surface area is 248 Å². The SMILES string of the molecule is N#C[C@](CC(=O)OC1CCCC1)(c1ccccc1F)C1CCN(CC2CN(c3ccc(S(=O)(=O)C4CC4)cc3)C2)CC1. The second-order valence-corrected chi connectivity index (χ2v) is 14.9. The predicted octanol–water partition coefficient (Wildman–Crippen LogP) is 5.25. The van der Waals surface area contributed by atoms with Crippen LogP contribution in [0.2, 0.25) is 0 Å². The monoisotopic (exact) mass is 593 g/mol. The van der Waals surface area contributed by atoms with E-state index in [0.29, 0.717) is 29.2 Å². The summed E-state index contributed by atoms with van der Waals surface area (Å²) in [6.45, 7) is 4.37. The maximum Gasteiger partial charge on any atom is 0.308 e. The molecular formula is C33H40FN3O4S. The molecule has 7 nitrogen and oxygen atoms in total. The van der Waals surface area contributed by atoms with E-state index in [9.17, 15) is 18.5 Å². The molecule has 2 aliphatic carbocycles. The molecule has 9 heteroatoms. The van der Waals surface area contributed by atoms with Crippen molar-refractivity contribution in [2.45, 2.75) is 79.5 Å². The highest BCUT2D eigenvalue weighted by atomic mass is 32.2. The Kier molecular flexibility index (Phi) is 8.30. The Morgan fingerprint density at radius 1 is 0.976 bits per heavy atom. The summed E-state index contributed by atoms with van der Waals surface area (Å²) in [5.41, 5.74) is 0.104. The van der Waals surface area contributed by atoms with E-state index in [1.54, 1.807) is 30.3 Å². The Bertz CT molecular complexity index is 1420. The molecule has 2 aliphatic heterocycles. The lowest BCUT2D eigenvalue weighted by atomic mass is 9.65. The van der Waals surface area contributed by atoms with Crippen molar-refractivity contribution in [1.29, 1.82) is 5.26 Å². The maximum absolute atomic E-state index is 15.1. The van der Waals surface area contributed by atoms with Gasteiger partial charge in [-0.3, -0.25) is 4.79 Å². The highest BCUT2D eigenvalue weighted by Gasteiger charge is 2.46. The fourth-order valence-corrected chi connectivity index (χ4v) is 8.88. The zero-order valence-corrected chi connectivity index (χ0v) is 24.9. The molecule has 0 N–H and O–H groups in total. The zero-order chi connectivity index (χ0) is 29.3. The molecule has 0 unspecified atom stereocenters. The van der Waals surface area contributed by atoms with Crippen LogP contribution in [0.1, 0.15) is 63.4 Å². The summed E-state index contributed by atoms with van der Waals surface area (Å²) in [7, 11) is -3.17. The molecule has 0 aromatic heterocycles. The van der Waals surface area contributed by atoms with Gasteiger partial charge in [0.25, 0.3) is 0 Å². The van der Waals surface area contributed by atoms with Crippen molar-refractivity contribution >= 4 is 21.5 Å². The summed E-state index contributed by atoms with van der Waals surface area (Å²) >= 11 is 0. The van der Waals surface area contributed by atoms with Gasteiger partial charge < -0.3 is 14.5 Å². The molecule has 0 spiro atoms. The number of piperidine rings is 1. The minimum atomic E-state index is -3.17. The van der Waals surface area contributed by atoms with Crippen molar-refractivity contribution < 1.29 is 22.3 Å². The average molecular weight is 594 g/mol. The number of esters is 1. The summed E-state index contributed by atoms with van der Waals surface area (Å²) in [5, 5.41) is 10.3. The second-order valence-electron chi connectivity index (χ2n) is 12.7. The van der Waals surface area contributed by atoms with E-state index in [0.717, 1.165) is 76.9 Å². The molecule has 4 aliphatic rings. The first-order chi connectivity index (χ1) is 20.3. The van der Waals surface area contributed by atoms with Crippen molar-refractivity contribution in [3.8, 4) is 6.07 Å². The zero-order valence-electron chi connectivity index (χ0n) is 24.1. The van der Waals surface area contributed by atoms with Crippen LogP contribution >= 0.6 is 0 Å². The molecule has 2 saturated heterocycles. The number of rotatable bonds is 10. The van der Waals surface area contributed by atoms with Gasteiger partial charge in [0.05, 0.1) is 28.1 Å². The Hall–Kier alpha value is -2.96.